The van der Waals surface area contributed by atoms with Crippen LogP contribution in [0.2, 0.25) is 0 Å². The van der Waals surface area contributed by atoms with E-state index in [1.165, 1.54) is 0 Å². The lowest BCUT2D eigenvalue weighted by atomic mass is 9.75. The van der Waals surface area contributed by atoms with Crippen LogP contribution in [0.25, 0.3) is 0 Å². The molecule has 1 atom stereocenters. The first-order chi connectivity index (χ1) is 13.3. The Bertz CT molecular complexity index is 798. The number of aromatic amines is 1. The monoisotopic (exact) mass is 422 g/mol. The first-order valence-electron chi connectivity index (χ1n) is 10.9. The third-order valence-electron chi connectivity index (χ3n) is 7.04. The van der Waals surface area contributed by atoms with Crippen molar-refractivity contribution in [1.82, 2.24) is 20.2 Å². The molecule has 1 aliphatic carbocycles. The second-order valence-corrected chi connectivity index (χ2v) is 9.98. The summed E-state index contributed by atoms with van der Waals surface area (Å²) in [6.07, 6.45) is 6.69. The lowest BCUT2D eigenvalue weighted by Gasteiger charge is -2.40. The van der Waals surface area contributed by atoms with Gasteiger partial charge in [-0.3, -0.25) is 9.59 Å². The lowest BCUT2D eigenvalue weighted by molar-refractivity contribution is -0.137. The molecule has 1 spiro atoms. The van der Waals surface area contributed by atoms with Crippen molar-refractivity contribution < 1.29 is 4.79 Å². The van der Waals surface area contributed by atoms with Crippen LogP contribution >= 0.6 is 12.4 Å². The van der Waals surface area contributed by atoms with Crippen LogP contribution in [0.3, 0.4) is 0 Å². The molecule has 29 heavy (non-hydrogen) atoms. The van der Waals surface area contributed by atoms with Crippen LogP contribution in [-0.4, -0.2) is 47.0 Å². The van der Waals surface area contributed by atoms with E-state index in [1.54, 1.807) is 0 Å². The number of rotatable bonds is 1. The Labute approximate surface area is 179 Å². The molecule has 2 fully saturated rings. The van der Waals surface area contributed by atoms with Gasteiger partial charge in [-0.1, -0.05) is 20.8 Å². The number of nitrogens with zero attached hydrogens (tertiary/aromatic N) is 2. The van der Waals surface area contributed by atoms with Gasteiger partial charge in [0.2, 0.25) is 5.91 Å². The number of carbonyl (C=O) groups is 1. The molecule has 1 aromatic heterocycles. The zero-order chi connectivity index (χ0) is 19.9. The molecular formula is C22H35ClN4O2. The van der Waals surface area contributed by atoms with Gasteiger partial charge in [0.1, 0.15) is 5.82 Å². The SMILES string of the molecule is CC(C)(C)c1nc2c(c(=O)[nH]1)CCC21CCN(C(=O)C2CCCNCC2)CC1.Cl. The Balaban J connectivity index is 0.00000240. The Morgan fingerprint density at radius 1 is 1.14 bits per heavy atom. The highest BCUT2D eigenvalue weighted by atomic mass is 35.5. The molecule has 2 aliphatic heterocycles. The molecule has 6 nitrogen and oxygen atoms in total. The number of halogens is 1. The number of hydrogen-bond acceptors (Lipinski definition) is 4. The van der Waals surface area contributed by atoms with E-state index in [9.17, 15) is 9.59 Å². The average molecular weight is 423 g/mol. The molecule has 0 bridgehead atoms. The number of carbonyl (C=O) groups excluding carboxylic acids is 1. The van der Waals surface area contributed by atoms with E-state index >= 15 is 0 Å². The molecule has 2 saturated heterocycles. The fraction of sp³-hybridized carbons (Fsp3) is 0.773. The van der Waals surface area contributed by atoms with Crippen LogP contribution < -0.4 is 10.9 Å². The molecule has 4 rings (SSSR count). The van der Waals surface area contributed by atoms with Crippen molar-refractivity contribution in [3.8, 4) is 0 Å². The molecule has 3 aliphatic rings. The zero-order valence-electron chi connectivity index (χ0n) is 18.0. The van der Waals surface area contributed by atoms with Crippen molar-refractivity contribution in [3.63, 3.8) is 0 Å². The number of nitrogens with one attached hydrogen (secondary N) is 2. The van der Waals surface area contributed by atoms with Crippen molar-refractivity contribution >= 4 is 18.3 Å². The summed E-state index contributed by atoms with van der Waals surface area (Å²) >= 11 is 0. The van der Waals surface area contributed by atoms with E-state index in [-0.39, 0.29) is 34.7 Å². The number of piperidine rings is 1. The predicted octanol–water partition coefficient (Wildman–Crippen LogP) is 2.69. The van der Waals surface area contributed by atoms with Gasteiger partial charge in [0.15, 0.2) is 0 Å². The first-order valence-corrected chi connectivity index (χ1v) is 10.9. The van der Waals surface area contributed by atoms with E-state index in [4.69, 9.17) is 4.98 Å². The minimum absolute atomic E-state index is 0. The van der Waals surface area contributed by atoms with Gasteiger partial charge >= 0.3 is 0 Å². The maximum atomic E-state index is 13.0. The molecule has 0 saturated carbocycles. The molecule has 3 heterocycles. The van der Waals surface area contributed by atoms with Crippen molar-refractivity contribution in [1.29, 1.82) is 0 Å². The Kier molecular flexibility index (Phi) is 6.44. The molecule has 2 N–H and O–H groups in total. The van der Waals surface area contributed by atoms with Crippen molar-refractivity contribution in [2.75, 3.05) is 26.2 Å². The number of aromatic nitrogens is 2. The van der Waals surface area contributed by atoms with Crippen molar-refractivity contribution in [2.24, 2.45) is 5.92 Å². The minimum Gasteiger partial charge on any atom is -0.342 e. The second kappa shape index (κ2) is 8.38. The summed E-state index contributed by atoms with van der Waals surface area (Å²) in [5.74, 6) is 1.29. The number of H-pyrrole nitrogens is 1. The third-order valence-corrected chi connectivity index (χ3v) is 7.04. The Hall–Kier alpha value is -1.40. The summed E-state index contributed by atoms with van der Waals surface area (Å²) in [6, 6.07) is 0. The second-order valence-electron chi connectivity index (χ2n) is 9.98. The first kappa shape index (κ1) is 22.3. The smallest absolute Gasteiger partial charge is 0.254 e. The van der Waals surface area contributed by atoms with E-state index in [2.05, 4.69) is 36.0 Å². The molecular weight excluding hydrogens is 388 g/mol. The van der Waals surface area contributed by atoms with E-state index in [1.807, 2.05) is 0 Å². The number of amides is 1. The fourth-order valence-corrected chi connectivity index (χ4v) is 5.17. The van der Waals surface area contributed by atoms with Crippen LogP contribution in [0.1, 0.15) is 76.4 Å². The number of fused-ring (bicyclic) bond motifs is 2. The quantitative estimate of drug-likeness (QED) is 0.729. The van der Waals surface area contributed by atoms with Crippen LogP contribution in [0.5, 0.6) is 0 Å². The molecule has 1 unspecified atom stereocenters. The number of hydrogen-bond donors (Lipinski definition) is 2. The van der Waals surface area contributed by atoms with E-state index < -0.39 is 0 Å². The average Bonchev–Trinajstić information content (AvgIpc) is 2.84. The summed E-state index contributed by atoms with van der Waals surface area (Å²) in [5.41, 5.74) is 1.74. The highest BCUT2D eigenvalue weighted by molar-refractivity contribution is 5.85. The van der Waals surface area contributed by atoms with Gasteiger partial charge in [0, 0.05) is 35.4 Å². The summed E-state index contributed by atoms with van der Waals surface area (Å²) in [6.45, 7) is 9.82. The Morgan fingerprint density at radius 3 is 2.55 bits per heavy atom. The van der Waals surface area contributed by atoms with Gasteiger partial charge in [-0.15, -0.1) is 12.4 Å². The highest BCUT2D eigenvalue weighted by Gasteiger charge is 2.45. The van der Waals surface area contributed by atoms with E-state index in [0.717, 1.165) is 88.2 Å². The summed E-state index contributed by atoms with van der Waals surface area (Å²) in [7, 11) is 0. The summed E-state index contributed by atoms with van der Waals surface area (Å²) in [4.78, 5) is 35.7. The van der Waals surface area contributed by atoms with Crippen LogP contribution in [0, 0.1) is 5.92 Å². The van der Waals surface area contributed by atoms with Crippen LogP contribution in [-0.2, 0) is 22.0 Å². The van der Waals surface area contributed by atoms with Crippen LogP contribution in [0.15, 0.2) is 4.79 Å². The predicted molar refractivity (Wildman–Crippen MR) is 117 cm³/mol. The molecule has 1 aromatic rings. The Morgan fingerprint density at radius 2 is 1.86 bits per heavy atom. The summed E-state index contributed by atoms with van der Waals surface area (Å²) in [5, 5.41) is 3.40. The van der Waals surface area contributed by atoms with Gasteiger partial charge in [-0.2, -0.15) is 0 Å². The highest BCUT2D eigenvalue weighted by Crippen LogP contribution is 2.45. The van der Waals surface area contributed by atoms with Crippen LogP contribution in [0.4, 0.5) is 0 Å². The van der Waals surface area contributed by atoms with E-state index in [0.29, 0.717) is 5.91 Å². The van der Waals surface area contributed by atoms with Gasteiger partial charge in [0.05, 0.1) is 5.69 Å². The molecule has 1 amide bonds. The number of likely N-dealkylation sites (tertiary alicyclic amines) is 1. The van der Waals surface area contributed by atoms with Gasteiger partial charge < -0.3 is 15.2 Å². The topological polar surface area (TPSA) is 78.1 Å². The van der Waals surface area contributed by atoms with Gasteiger partial charge in [-0.25, -0.2) is 4.98 Å². The normalized spacial score (nSPS) is 24.0. The fourth-order valence-electron chi connectivity index (χ4n) is 5.17. The minimum atomic E-state index is -0.178. The third kappa shape index (κ3) is 4.24. The summed E-state index contributed by atoms with van der Waals surface area (Å²) < 4.78 is 0. The van der Waals surface area contributed by atoms with Crippen molar-refractivity contribution in [2.45, 2.75) is 76.5 Å². The maximum Gasteiger partial charge on any atom is 0.254 e. The molecule has 7 heteroatoms. The maximum absolute atomic E-state index is 13.0. The van der Waals surface area contributed by atoms with Gasteiger partial charge in [-0.05, 0) is 58.0 Å². The molecule has 0 aromatic carbocycles. The largest absolute Gasteiger partial charge is 0.342 e. The lowest BCUT2D eigenvalue weighted by Crippen LogP contribution is -2.47. The molecule has 162 valence electrons. The van der Waals surface area contributed by atoms with Crippen molar-refractivity contribution in [3.05, 3.63) is 27.4 Å². The van der Waals surface area contributed by atoms with Gasteiger partial charge in [0.25, 0.3) is 5.56 Å². The zero-order valence-corrected chi connectivity index (χ0v) is 18.8. The molecule has 0 radical (unpaired) electrons. The standard InChI is InChI=1S/C22H34N4O2.ClH/c1-21(2,3)20-24-17-16(18(27)25-20)6-8-22(17)9-13-26(14-10-22)19(28)15-5-4-11-23-12-7-15;/h15,23H,4-14H2,1-3H3,(H,24,25,27);1H.